The molecule has 6 heteroatoms. The minimum absolute atomic E-state index is 0.000606. The van der Waals surface area contributed by atoms with E-state index in [9.17, 15) is 4.79 Å². The molecule has 1 saturated carbocycles. The number of hydrogen-bond acceptors (Lipinski definition) is 5. The van der Waals surface area contributed by atoms with Gasteiger partial charge in [0.2, 0.25) is 12.7 Å². The summed E-state index contributed by atoms with van der Waals surface area (Å²) in [6, 6.07) is 11.5. The summed E-state index contributed by atoms with van der Waals surface area (Å²) in [5.74, 6) is 3.68. The van der Waals surface area contributed by atoms with E-state index in [0.29, 0.717) is 37.1 Å². The molecule has 0 bridgehead atoms. The Balaban J connectivity index is 1.30. The van der Waals surface area contributed by atoms with Crippen molar-refractivity contribution in [2.75, 3.05) is 25.3 Å². The predicted octanol–water partition coefficient (Wildman–Crippen LogP) is 3.71. The second-order valence-electron chi connectivity index (χ2n) is 7.17. The Morgan fingerprint density at radius 2 is 1.63 bits per heavy atom. The highest BCUT2D eigenvalue weighted by molar-refractivity contribution is 5.91. The lowest BCUT2D eigenvalue weighted by Crippen LogP contribution is -2.18. The Kier molecular flexibility index (Phi) is 4.03. The van der Waals surface area contributed by atoms with Crippen molar-refractivity contribution < 1.29 is 23.7 Å². The molecule has 1 atom stereocenters. The zero-order valence-electron chi connectivity index (χ0n) is 14.9. The molecule has 1 aliphatic carbocycles. The van der Waals surface area contributed by atoms with Gasteiger partial charge in [0.05, 0.1) is 0 Å². The van der Waals surface area contributed by atoms with E-state index in [-0.39, 0.29) is 18.6 Å². The zero-order valence-corrected chi connectivity index (χ0v) is 14.9. The number of ether oxygens (including phenoxy) is 4. The van der Waals surface area contributed by atoms with Crippen LogP contribution in [0.25, 0.3) is 0 Å². The van der Waals surface area contributed by atoms with Crippen molar-refractivity contribution in [3.63, 3.8) is 0 Å². The number of hydrogen-bond donors (Lipinski definition) is 1. The number of carbonyl (C=O) groups excluding carboxylic acids is 1. The fraction of sp³-hybridized carbons (Fsp3) is 0.381. The van der Waals surface area contributed by atoms with Crippen LogP contribution in [0.3, 0.4) is 0 Å². The van der Waals surface area contributed by atoms with Crippen molar-refractivity contribution in [2.45, 2.75) is 25.2 Å². The van der Waals surface area contributed by atoms with Gasteiger partial charge in [0.1, 0.15) is 13.2 Å². The van der Waals surface area contributed by atoms with E-state index in [1.165, 1.54) is 0 Å². The predicted molar refractivity (Wildman–Crippen MR) is 98.7 cm³/mol. The quantitative estimate of drug-likeness (QED) is 0.873. The van der Waals surface area contributed by atoms with Gasteiger partial charge in [-0.05, 0) is 54.5 Å². The molecule has 2 aliphatic heterocycles. The number of rotatable bonds is 5. The number of nitrogens with one attached hydrogen (secondary N) is 1. The lowest BCUT2D eigenvalue weighted by Gasteiger charge is -2.22. The highest BCUT2D eigenvalue weighted by Crippen LogP contribution is 2.46. The molecule has 3 aliphatic rings. The van der Waals surface area contributed by atoms with Gasteiger partial charge in [0.25, 0.3) is 0 Å². The molecule has 2 heterocycles. The molecule has 2 aromatic rings. The van der Waals surface area contributed by atoms with E-state index in [1.54, 1.807) is 6.07 Å². The maximum Gasteiger partial charge on any atom is 0.231 e. The molecule has 1 amide bonds. The molecule has 5 rings (SSSR count). The first kappa shape index (κ1) is 16.3. The maximum absolute atomic E-state index is 12.7. The number of carbonyl (C=O) groups is 1. The van der Waals surface area contributed by atoms with Crippen molar-refractivity contribution in [2.24, 2.45) is 5.92 Å². The summed E-state index contributed by atoms with van der Waals surface area (Å²) in [7, 11) is 0. The summed E-state index contributed by atoms with van der Waals surface area (Å²) in [6.45, 7) is 1.37. The normalized spacial score (nSPS) is 18.1. The Morgan fingerprint density at radius 3 is 2.48 bits per heavy atom. The Labute approximate surface area is 157 Å². The van der Waals surface area contributed by atoms with Gasteiger partial charge in [-0.2, -0.15) is 0 Å². The summed E-state index contributed by atoms with van der Waals surface area (Å²) in [4.78, 5) is 12.7. The Hall–Kier alpha value is -2.89. The standard InChI is InChI=1S/C21H21NO5/c23-21(22-15-4-6-18-20(10-15)27-12-26-18)11-16(13-1-2-13)14-3-5-17-19(9-14)25-8-7-24-17/h3-6,9-10,13,16H,1-2,7-8,11-12H2,(H,22,23). The van der Waals surface area contributed by atoms with Gasteiger partial charge in [-0.1, -0.05) is 6.07 Å². The van der Waals surface area contributed by atoms with E-state index in [1.807, 2.05) is 24.3 Å². The Bertz CT molecular complexity index is 877. The second-order valence-corrected chi connectivity index (χ2v) is 7.17. The lowest BCUT2D eigenvalue weighted by atomic mass is 9.90. The summed E-state index contributed by atoms with van der Waals surface area (Å²) < 4.78 is 22.0. The number of anilines is 1. The van der Waals surface area contributed by atoms with Crippen LogP contribution in [0.2, 0.25) is 0 Å². The van der Waals surface area contributed by atoms with Crippen LogP contribution in [0.15, 0.2) is 36.4 Å². The first-order chi connectivity index (χ1) is 13.3. The third-order valence-corrected chi connectivity index (χ3v) is 5.25. The van der Waals surface area contributed by atoms with Gasteiger partial charge in [-0.15, -0.1) is 0 Å². The third-order valence-electron chi connectivity index (χ3n) is 5.25. The first-order valence-electron chi connectivity index (χ1n) is 9.35. The topological polar surface area (TPSA) is 66.0 Å². The van der Waals surface area contributed by atoms with Crippen LogP contribution < -0.4 is 24.3 Å². The van der Waals surface area contributed by atoms with Gasteiger partial charge >= 0.3 is 0 Å². The van der Waals surface area contributed by atoms with Crippen LogP contribution in [0.4, 0.5) is 5.69 Å². The van der Waals surface area contributed by atoms with E-state index < -0.39 is 0 Å². The first-order valence-corrected chi connectivity index (χ1v) is 9.35. The van der Waals surface area contributed by atoms with Crippen LogP contribution >= 0.6 is 0 Å². The molecule has 27 heavy (non-hydrogen) atoms. The van der Waals surface area contributed by atoms with Crippen molar-refractivity contribution >= 4 is 11.6 Å². The molecule has 2 aromatic carbocycles. The highest BCUT2D eigenvalue weighted by Gasteiger charge is 2.34. The van der Waals surface area contributed by atoms with Gasteiger partial charge in [-0.25, -0.2) is 0 Å². The zero-order chi connectivity index (χ0) is 18.2. The van der Waals surface area contributed by atoms with E-state index in [0.717, 1.165) is 35.6 Å². The molecule has 1 unspecified atom stereocenters. The molecule has 1 N–H and O–H groups in total. The average molecular weight is 367 g/mol. The molecule has 1 fully saturated rings. The van der Waals surface area contributed by atoms with Crippen LogP contribution in [-0.2, 0) is 4.79 Å². The van der Waals surface area contributed by atoms with Crippen LogP contribution in [0, 0.1) is 5.92 Å². The molecule has 0 spiro atoms. The number of benzene rings is 2. The molecule has 0 aromatic heterocycles. The van der Waals surface area contributed by atoms with Crippen molar-refractivity contribution in [1.29, 1.82) is 0 Å². The molecule has 140 valence electrons. The van der Waals surface area contributed by atoms with Gasteiger partial charge in [-0.3, -0.25) is 4.79 Å². The van der Waals surface area contributed by atoms with Crippen LogP contribution in [0.1, 0.15) is 30.7 Å². The fourth-order valence-electron chi connectivity index (χ4n) is 3.73. The summed E-state index contributed by atoms with van der Waals surface area (Å²) in [5, 5.41) is 2.99. The van der Waals surface area contributed by atoms with Gasteiger partial charge in [0, 0.05) is 18.2 Å². The van der Waals surface area contributed by atoms with Crippen molar-refractivity contribution in [1.82, 2.24) is 0 Å². The molecule has 0 radical (unpaired) electrons. The van der Waals surface area contributed by atoms with E-state index >= 15 is 0 Å². The SMILES string of the molecule is O=C(CC(c1ccc2c(c1)OCCO2)C1CC1)Nc1ccc2c(c1)OCO2. The largest absolute Gasteiger partial charge is 0.486 e. The summed E-state index contributed by atoms with van der Waals surface area (Å²) in [5.41, 5.74) is 1.86. The molecular weight excluding hydrogens is 346 g/mol. The highest BCUT2D eigenvalue weighted by atomic mass is 16.7. The maximum atomic E-state index is 12.7. The molecule has 0 saturated heterocycles. The molecular formula is C21H21NO5. The second kappa shape index (κ2) is 6.68. The minimum atomic E-state index is 0.000606. The van der Waals surface area contributed by atoms with Gasteiger partial charge in [0.15, 0.2) is 23.0 Å². The summed E-state index contributed by atoms with van der Waals surface area (Å²) in [6.07, 6.45) is 2.77. The third kappa shape index (κ3) is 3.39. The van der Waals surface area contributed by atoms with Crippen LogP contribution in [-0.4, -0.2) is 25.9 Å². The van der Waals surface area contributed by atoms with E-state index in [4.69, 9.17) is 18.9 Å². The average Bonchev–Trinajstić information content (AvgIpc) is 3.43. The van der Waals surface area contributed by atoms with Crippen LogP contribution in [0.5, 0.6) is 23.0 Å². The monoisotopic (exact) mass is 367 g/mol. The number of amides is 1. The summed E-state index contributed by atoms with van der Waals surface area (Å²) >= 11 is 0. The van der Waals surface area contributed by atoms with Crippen molar-refractivity contribution in [3.8, 4) is 23.0 Å². The fourth-order valence-corrected chi connectivity index (χ4v) is 3.73. The van der Waals surface area contributed by atoms with Crippen molar-refractivity contribution in [3.05, 3.63) is 42.0 Å². The Morgan fingerprint density at radius 1 is 0.926 bits per heavy atom. The minimum Gasteiger partial charge on any atom is -0.486 e. The lowest BCUT2D eigenvalue weighted by molar-refractivity contribution is -0.116. The number of fused-ring (bicyclic) bond motifs is 2. The van der Waals surface area contributed by atoms with E-state index in [2.05, 4.69) is 11.4 Å². The van der Waals surface area contributed by atoms with Gasteiger partial charge < -0.3 is 24.3 Å². The smallest absolute Gasteiger partial charge is 0.231 e. The molecule has 6 nitrogen and oxygen atoms in total.